The van der Waals surface area contributed by atoms with Gasteiger partial charge in [0.15, 0.2) is 9.84 Å². The third kappa shape index (κ3) is 3.76. The number of aromatic nitrogens is 2. The Morgan fingerprint density at radius 1 is 1.22 bits per heavy atom. The first-order valence-corrected chi connectivity index (χ1v) is 9.57. The smallest absolute Gasteiger partial charge is 0.179 e. The molecular formula is C17H21N3O2S. The van der Waals surface area contributed by atoms with Crippen LogP contribution in [-0.4, -0.2) is 42.1 Å². The number of nitrogens with zero attached hydrogens (tertiary/aromatic N) is 3. The van der Waals surface area contributed by atoms with Crippen molar-refractivity contribution < 1.29 is 8.42 Å². The molecule has 0 saturated carbocycles. The standard InChI is InChI=1S/C17H21N3O2S/c1-2-17-18-12-14-8-9-20(13-16(14)19-17)10-11-23(21,22)15-6-4-3-5-7-15/h3-7,12H,2,8-11,13H2,1H3. The van der Waals surface area contributed by atoms with E-state index in [1.54, 1.807) is 24.3 Å². The average Bonchev–Trinajstić information content (AvgIpc) is 2.60. The number of rotatable bonds is 5. The zero-order valence-corrected chi connectivity index (χ0v) is 14.1. The number of sulfone groups is 1. The first-order chi connectivity index (χ1) is 11.1. The SMILES string of the molecule is CCc1ncc2c(n1)CN(CCS(=O)(=O)c1ccccc1)CC2. The molecule has 122 valence electrons. The Morgan fingerprint density at radius 2 is 2.00 bits per heavy atom. The van der Waals surface area contributed by atoms with E-state index in [1.807, 2.05) is 19.2 Å². The Hall–Kier alpha value is -1.79. The molecule has 0 N–H and O–H groups in total. The van der Waals surface area contributed by atoms with Crippen LogP contribution in [0.25, 0.3) is 0 Å². The van der Waals surface area contributed by atoms with Gasteiger partial charge in [-0.25, -0.2) is 18.4 Å². The molecule has 2 heterocycles. The van der Waals surface area contributed by atoms with Crippen molar-refractivity contribution in [3.63, 3.8) is 0 Å². The van der Waals surface area contributed by atoms with Gasteiger partial charge in [-0.15, -0.1) is 0 Å². The summed E-state index contributed by atoms with van der Waals surface area (Å²) in [5.74, 6) is 0.987. The summed E-state index contributed by atoms with van der Waals surface area (Å²) >= 11 is 0. The third-order valence-corrected chi connectivity index (χ3v) is 5.88. The van der Waals surface area contributed by atoms with Crippen LogP contribution in [0, 0.1) is 0 Å². The molecule has 0 unspecified atom stereocenters. The van der Waals surface area contributed by atoms with E-state index in [0.717, 1.165) is 30.9 Å². The van der Waals surface area contributed by atoms with Crippen molar-refractivity contribution in [3.05, 3.63) is 53.6 Å². The Morgan fingerprint density at radius 3 is 2.74 bits per heavy atom. The van der Waals surface area contributed by atoms with E-state index >= 15 is 0 Å². The third-order valence-electron chi connectivity index (χ3n) is 4.17. The van der Waals surface area contributed by atoms with Gasteiger partial charge in [0.25, 0.3) is 0 Å². The maximum atomic E-state index is 12.4. The van der Waals surface area contributed by atoms with Crippen molar-refractivity contribution in [1.82, 2.24) is 14.9 Å². The molecule has 0 radical (unpaired) electrons. The fraction of sp³-hybridized carbons (Fsp3) is 0.412. The predicted molar refractivity (Wildman–Crippen MR) is 88.9 cm³/mol. The molecule has 1 aliphatic heterocycles. The van der Waals surface area contributed by atoms with Crippen molar-refractivity contribution in [1.29, 1.82) is 0 Å². The average molecular weight is 331 g/mol. The zero-order valence-electron chi connectivity index (χ0n) is 13.3. The maximum Gasteiger partial charge on any atom is 0.179 e. The van der Waals surface area contributed by atoms with Gasteiger partial charge in [-0.1, -0.05) is 25.1 Å². The number of hydrogen-bond acceptors (Lipinski definition) is 5. The van der Waals surface area contributed by atoms with Crippen molar-refractivity contribution in [2.24, 2.45) is 0 Å². The maximum absolute atomic E-state index is 12.4. The monoisotopic (exact) mass is 331 g/mol. The summed E-state index contributed by atoms with van der Waals surface area (Å²) in [6.45, 7) is 4.12. The molecule has 3 rings (SSSR count). The largest absolute Gasteiger partial charge is 0.296 e. The molecule has 5 nitrogen and oxygen atoms in total. The quantitative estimate of drug-likeness (QED) is 0.837. The lowest BCUT2D eigenvalue weighted by Crippen LogP contribution is -2.35. The van der Waals surface area contributed by atoms with Gasteiger partial charge >= 0.3 is 0 Å². The highest BCUT2D eigenvalue weighted by molar-refractivity contribution is 7.91. The fourth-order valence-electron chi connectivity index (χ4n) is 2.75. The molecule has 0 spiro atoms. The van der Waals surface area contributed by atoms with E-state index in [4.69, 9.17) is 0 Å². The lowest BCUT2D eigenvalue weighted by Gasteiger charge is -2.27. The van der Waals surface area contributed by atoms with Gasteiger partial charge in [0.2, 0.25) is 0 Å². The van der Waals surface area contributed by atoms with Gasteiger partial charge in [0, 0.05) is 32.3 Å². The summed E-state index contributed by atoms with van der Waals surface area (Å²) in [7, 11) is -3.22. The van der Waals surface area contributed by atoms with Crippen LogP contribution in [0.1, 0.15) is 24.0 Å². The highest BCUT2D eigenvalue weighted by Crippen LogP contribution is 2.17. The Balaban J connectivity index is 1.66. The van der Waals surface area contributed by atoms with Crippen LogP contribution in [0.5, 0.6) is 0 Å². The van der Waals surface area contributed by atoms with Crippen LogP contribution < -0.4 is 0 Å². The van der Waals surface area contributed by atoms with E-state index in [0.29, 0.717) is 18.0 Å². The van der Waals surface area contributed by atoms with Gasteiger partial charge in [0.1, 0.15) is 5.82 Å². The summed E-state index contributed by atoms with van der Waals surface area (Å²) in [6.07, 6.45) is 3.61. The summed E-state index contributed by atoms with van der Waals surface area (Å²) < 4.78 is 24.7. The van der Waals surface area contributed by atoms with Crippen molar-refractivity contribution in [3.8, 4) is 0 Å². The van der Waals surface area contributed by atoms with Gasteiger partial charge < -0.3 is 0 Å². The van der Waals surface area contributed by atoms with Gasteiger partial charge in [0.05, 0.1) is 16.3 Å². The number of aryl methyl sites for hydroxylation is 1. The first-order valence-electron chi connectivity index (χ1n) is 7.92. The molecular weight excluding hydrogens is 310 g/mol. The summed E-state index contributed by atoms with van der Waals surface area (Å²) in [5, 5.41) is 0. The van der Waals surface area contributed by atoms with E-state index in [9.17, 15) is 8.42 Å². The minimum Gasteiger partial charge on any atom is -0.296 e. The van der Waals surface area contributed by atoms with Crippen LogP contribution in [0.3, 0.4) is 0 Å². The lowest BCUT2D eigenvalue weighted by atomic mass is 10.1. The molecule has 23 heavy (non-hydrogen) atoms. The van der Waals surface area contributed by atoms with Crippen molar-refractivity contribution in [2.45, 2.75) is 31.2 Å². The molecule has 0 fully saturated rings. The van der Waals surface area contributed by atoms with Gasteiger partial charge in [-0.2, -0.15) is 0 Å². The van der Waals surface area contributed by atoms with E-state index < -0.39 is 9.84 Å². The number of hydrogen-bond donors (Lipinski definition) is 0. The molecule has 0 bridgehead atoms. The Kier molecular flexibility index (Phi) is 4.73. The predicted octanol–water partition coefficient (Wildman–Crippen LogP) is 1.87. The highest BCUT2D eigenvalue weighted by Gasteiger charge is 2.21. The summed E-state index contributed by atoms with van der Waals surface area (Å²) in [4.78, 5) is 11.5. The fourth-order valence-corrected chi connectivity index (χ4v) is 4.06. The second kappa shape index (κ2) is 6.76. The molecule has 1 aromatic carbocycles. The molecule has 0 amide bonds. The Labute approximate surface area is 137 Å². The molecule has 0 saturated heterocycles. The van der Waals surface area contributed by atoms with Crippen LogP contribution in [0.4, 0.5) is 0 Å². The minimum atomic E-state index is -3.22. The van der Waals surface area contributed by atoms with E-state index in [-0.39, 0.29) is 5.75 Å². The summed E-state index contributed by atoms with van der Waals surface area (Å²) in [5.41, 5.74) is 2.23. The van der Waals surface area contributed by atoms with E-state index in [1.165, 1.54) is 5.56 Å². The zero-order chi connectivity index (χ0) is 16.3. The van der Waals surface area contributed by atoms with Crippen molar-refractivity contribution >= 4 is 9.84 Å². The number of benzene rings is 1. The topological polar surface area (TPSA) is 63.2 Å². The molecule has 1 aromatic heterocycles. The summed E-state index contributed by atoms with van der Waals surface area (Å²) in [6, 6.07) is 8.65. The molecule has 0 atom stereocenters. The Bertz CT molecular complexity index is 776. The van der Waals surface area contributed by atoms with Gasteiger partial charge in [-0.3, -0.25) is 4.90 Å². The van der Waals surface area contributed by atoms with Crippen molar-refractivity contribution in [2.75, 3.05) is 18.8 Å². The molecule has 1 aliphatic rings. The van der Waals surface area contributed by atoms with E-state index in [2.05, 4.69) is 14.9 Å². The molecule has 0 aliphatic carbocycles. The first kappa shape index (κ1) is 16.1. The van der Waals surface area contributed by atoms with Crippen LogP contribution >= 0.6 is 0 Å². The van der Waals surface area contributed by atoms with Crippen LogP contribution in [0.2, 0.25) is 0 Å². The van der Waals surface area contributed by atoms with Gasteiger partial charge in [-0.05, 0) is 24.1 Å². The highest BCUT2D eigenvalue weighted by atomic mass is 32.2. The molecule has 6 heteroatoms. The minimum absolute atomic E-state index is 0.137. The second-order valence-electron chi connectivity index (χ2n) is 5.77. The number of fused-ring (bicyclic) bond motifs is 1. The second-order valence-corrected chi connectivity index (χ2v) is 7.88. The van der Waals surface area contributed by atoms with Crippen LogP contribution in [0.15, 0.2) is 41.4 Å². The molecule has 2 aromatic rings. The lowest BCUT2D eigenvalue weighted by molar-refractivity contribution is 0.263. The van der Waals surface area contributed by atoms with Crippen LogP contribution in [-0.2, 0) is 29.2 Å². The normalized spacial score (nSPS) is 15.3.